The Morgan fingerprint density at radius 1 is 1.16 bits per heavy atom. The van der Waals surface area contributed by atoms with Crippen molar-refractivity contribution < 1.29 is 23.9 Å². The van der Waals surface area contributed by atoms with Crippen LogP contribution in [-0.2, 0) is 16.0 Å². The topological polar surface area (TPSA) is 81.7 Å². The normalized spacial score (nSPS) is 12.3. The molecule has 0 aromatic heterocycles. The minimum atomic E-state index is -0.602. The van der Waals surface area contributed by atoms with Crippen LogP contribution in [0.4, 0.5) is 5.69 Å². The van der Waals surface area contributed by atoms with Crippen molar-refractivity contribution in [2.24, 2.45) is 0 Å². The van der Waals surface area contributed by atoms with Crippen LogP contribution in [0.25, 0.3) is 0 Å². The van der Waals surface area contributed by atoms with Crippen molar-refractivity contribution in [1.29, 1.82) is 0 Å². The molecule has 0 bridgehead atoms. The highest BCUT2D eigenvalue weighted by Gasteiger charge is 2.20. The summed E-state index contributed by atoms with van der Waals surface area (Å²) in [5.74, 6) is -0.442. The Morgan fingerprint density at radius 2 is 1.92 bits per heavy atom. The summed E-state index contributed by atoms with van der Waals surface area (Å²) in [5, 5.41) is 2.70. The molecule has 25 heavy (non-hydrogen) atoms. The number of rotatable bonds is 5. The lowest BCUT2D eigenvalue weighted by Gasteiger charge is -2.07. The number of benzene rings is 2. The fourth-order valence-electron chi connectivity index (χ4n) is 2.49. The molecule has 7 heteroatoms. The number of fused-ring (bicyclic) bond motifs is 1. The van der Waals surface area contributed by atoms with Crippen LogP contribution in [0.1, 0.15) is 26.3 Å². The highest BCUT2D eigenvalue weighted by atomic mass is 79.9. The quantitative estimate of drug-likeness (QED) is 0.612. The number of halogens is 1. The third-order valence-corrected chi connectivity index (χ3v) is 4.39. The highest BCUT2D eigenvalue weighted by molar-refractivity contribution is 9.10. The van der Waals surface area contributed by atoms with Crippen LogP contribution in [0.5, 0.6) is 5.75 Å². The summed E-state index contributed by atoms with van der Waals surface area (Å²) in [7, 11) is 1.52. The van der Waals surface area contributed by atoms with E-state index in [1.807, 2.05) is 0 Å². The van der Waals surface area contributed by atoms with Gasteiger partial charge in [-0.3, -0.25) is 9.59 Å². The number of amides is 1. The number of hydrogen-bond donors (Lipinski definition) is 1. The molecule has 0 spiro atoms. The second-order valence-electron chi connectivity index (χ2n) is 5.45. The molecule has 1 amide bonds. The Bertz CT molecular complexity index is 878. The van der Waals surface area contributed by atoms with Gasteiger partial charge in [-0.05, 0) is 57.9 Å². The third kappa shape index (κ3) is 3.71. The molecule has 0 fully saturated rings. The molecule has 1 heterocycles. The fraction of sp³-hybridized carbons (Fsp3) is 0.167. The van der Waals surface area contributed by atoms with Gasteiger partial charge in [0.25, 0.3) is 0 Å². The van der Waals surface area contributed by atoms with E-state index in [4.69, 9.17) is 9.47 Å². The number of anilines is 1. The zero-order valence-corrected chi connectivity index (χ0v) is 14.9. The van der Waals surface area contributed by atoms with Gasteiger partial charge in [0.05, 0.1) is 23.6 Å². The first kappa shape index (κ1) is 17.2. The molecule has 6 nitrogen and oxygen atoms in total. The number of carbonyl (C=O) groups is 3. The van der Waals surface area contributed by atoms with Crippen molar-refractivity contribution >= 4 is 39.3 Å². The predicted molar refractivity (Wildman–Crippen MR) is 94.1 cm³/mol. The lowest BCUT2D eigenvalue weighted by atomic mass is 10.1. The number of Topliss-reactive ketones (excluding diaryl/α,β-unsaturated/α-hetero) is 1. The summed E-state index contributed by atoms with van der Waals surface area (Å²) in [6, 6.07) is 9.68. The van der Waals surface area contributed by atoms with Crippen molar-refractivity contribution in [2.45, 2.75) is 6.42 Å². The van der Waals surface area contributed by atoms with E-state index >= 15 is 0 Å². The molecule has 0 saturated carbocycles. The number of methoxy groups -OCH3 is 1. The third-order valence-electron chi connectivity index (χ3n) is 3.77. The van der Waals surface area contributed by atoms with E-state index in [1.54, 1.807) is 36.4 Å². The average molecular weight is 404 g/mol. The molecule has 1 N–H and O–H groups in total. The van der Waals surface area contributed by atoms with Crippen molar-refractivity contribution in [2.75, 3.05) is 19.0 Å². The molecule has 2 aromatic rings. The minimum absolute atomic E-state index is 0.101. The Hall–Kier alpha value is -2.67. The van der Waals surface area contributed by atoms with E-state index < -0.39 is 5.97 Å². The van der Waals surface area contributed by atoms with Gasteiger partial charge in [0.2, 0.25) is 5.91 Å². The van der Waals surface area contributed by atoms with Crippen LogP contribution < -0.4 is 10.1 Å². The zero-order chi connectivity index (χ0) is 18.0. The molecule has 0 saturated heterocycles. The molecular weight excluding hydrogens is 390 g/mol. The molecule has 0 aliphatic carbocycles. The van der Waals surface area contributed by atoms with E-state index in [0.717, 1.165) is 5.56 Å². The summed E-state index contributed by atoms with van der Waals surface area (Å²) in [6.45, 7) is -0.372. The number of ketones is 1. The van der Waals surface area contributed by atoms with Crippen LogP contribution in [0.2, 0.25) is 0 Å². The van der Waals surface area contributed by atoms with E-state index in [0.29, 0.717) is 27.0 Å². The molecular formula is C18H14BrNO5. The molecule has 1 aliphatic rings. The highest BCUT2D eigenvalue weighted by Crippen LogP contribution is 2.26. The van der Waals surface area contributed by atoms with Gasteiger partial charge < -0.3 is 14.8 Å². The second-order valence-corrected chi connectivity index (χ2v) is 6.30. The van der Waals surface area contributed by atoms with Crippen molar-refractivity contribution in [3.05, 3.63) is 57.6 Å². The zero-order valence-electron chi connectivity index (χ0n) is 13.3. The van der Waals surface area contributed by atoms with Crippen LogP contribution in [-0.4, -0.2) is 31.4 Å². The summed E-state index contributed by atoms with van der Waals surface area (Å²) < 4.78 is 10.8. The van der Waals surface area contributed by atoms with E-state index in [2.05, 4.69) is 21.2 Å². The van der Waals surface area contributed by atoms with Crippen molar-refractivity contribution in [3.8, 4) is 5.75 Å². The lowest BCUT2D eigenvalue weighted by molar-refractivity contribution is -0.115. The lowest BCUT2D eigenvalue weighted by Crippen LogP contribution is -2.14. The van der Waals surface area contributed by atoms with Gasteiger partial charge in [-0.1, -0.05) is 0 Å². The number of ether oxygens (including phenoxy) is 2. The van der Waals surface area contributed by atoms with Gasteiger partial charge in [-0.15, -0.1) is 0 Å². The molecule has 0 radical (unpaired) electrons. The summed E-state index contributed by atoms with van der Waals surface area (Å²) in [5.41, 5.74) is 2.19. The van der Waals surface area contributed by atoms with E-state index in [9.17, 15) is 14.4 Å². The molecule has 3 rings (SSSR count). The predicted octanol–water partition coefficient (Wildman–Crippen LogP) is 2.99. The first-order valence-corrected chi connectivity index (χ1v) is 8.24. The van der Waals surface area contributed by atoms with Gasteiger partial charge in [0.1, 0.15) is 5.75 Å². The number of esters is 1. The molecule has 1 aliphatic heterocycles. The van der Waals surface area contributed by atoms with E-state index in [-0.39, 0.29) is 24.7 Å². The van der Waals surface area contributed by atoms with Crippen molar-refractivity contribution in [3.63, 3.8) is 0 Å². The van der Waals surface area contributed by atoms with Gasteiger partial charge in [-0.25, -0.2) is 4.79 Å². The Labute approximate surface area is 152 Å². The summed E-state index contributed by atoms with van der Waals surface area (Å²) >= 11 is 3.29. The SMILES string of the molecule is COc1ccc(C(=O)OCC(=O)c2ccc3c(c2)CC(=O)N3)cc1Br. The molecule has 128 valence electrons. The van der Waals surface area contributed by atoms with Crippen molar-refractivity contribution in [1.82, 2.24) is 0 Å². The van der Waals surface area contributed by atoms with Gasteiger partial charge in [0.15, 0.2) is 12.4 Å². The largest absolute Gasteiger partial charge is 0.496 e. The molecule has 2 aromatic carbocycles. The fourth-order valence-corrected chi connectivity index (χ4v) is 3.03. The Morgan fingerprint density at radius 3 is 2.64 bits per heavy atom. The van der Waals surface area contributed by atoms with Crippen LogP contribution in [0.15, 0.2) is 40.9 Å². The number of nitrogens with one attached hydrogen (secondary N) is 1. The second kappa shape index (κ2) is 7.06. The maximum absolute atomic E-state index is 12.2. The van der Waals surface area contributed by atoms with Crippen LogP contribution in [0.3, 0.4) is 0 Å². The number of hydrogen-bond acceptors (Lipinski definition) is 5. The first-order valence-electron chi connectivity index (χ1n) is 7.44. The first-order chi connectivity index (χ1) is 12.0. The van der Waals surface area contributed by atoms with Gasteiger partial charge in [-0.2, -0.15) is 0 Å². The monoisotopic (exact) mass is 403 g/mol. The van der Waals surface area contributed by atoms with E-state index in [1.165, 1.54) is 7.11 Å². The standard InChI is InChI=1S/C18H14BrNO5/c1-24-16-5-3-11(7-13(16)19)18(23)25-9-15(21)10-2-4-14-12(6-10)8-17(22)20-14/h2-7H,8-9H2,1H3,(H,20,22). The van der Waals surface area contributed by atoms with Crippen LogP contribution >= 0.6 is 15.9 Å². The van der Waals surface area contributed by atoms with Crippen LogP contribution in [0, 0.1) is 0 Å². The smallest absolute Gasteiger partial charge is 0.338 e. The maximum Gasteiger partial charge on any atom is 0.338 e. The summed E-state index contributed by atoms with van der Waals surface area (Å²) in [4.78, 5) is 35.6. The molecule has 0 unspecified atom stereocenters. The average Bonchev–Trinajstić information content (AvgIpc) is 2.98. The van der Waals surface area contributed by atoms with Gasteiger partial charge >= 0.3 is 5.97 Å². The Kier molecular flexibility index (Phi) is 4.85. The minimum Gasteiger partial charge on any atom is -0.496 e. The maximum atomic E-state index is 12.2. The molecule has 0 atom stereocenters. The summed E-state index contributed by atoms with van der Waals surface area (Å²) in [6.07, 6.45) is 0.246. The Balaban J connectivity index is 1.64. The van der Waals surface area contributed by atoms with Gasteiger partial charge in [0, 0.05) is 11.3 Å². The number of carbonyl (C=O) groups excluding carboxylic acids is 3.